The minimum atomic E-state index is -0.208. The van der Waals surface area contributed by atoms with Crippen molar-refractivity contribution in [2.45, 2.75) is 25.2 Å². The highest BCUT2D eigenvalue weighted by molar-refractivity contribution is 9.10. The summed E-state index contributed by atoms with van der Waals surface area (Å²) in [7, 11) is 0. The molecular formula is C7H10BrN3O2. The second-order valence-electron chi connectivity index (χ2n) is 2.56. The van der Waals surface area contributed by atoms with Gasteiger partial charge in [0.05, 0.1) is 11.4 Å². The lowest BCUT2D eigenvalue weighted by molar-refractivity contribution is -0.120. The molecule has 5 nitrogen and oxygen atoms in total. The van der Waals surface area contributed by atoms with E-state index in [1.165, 1.54) is 0 Å². The van der Waals surface area contributed by atoms with Gasteiger partial charge in [-0.15, -0.1) is 0 Å². The first-order valence-corrected chi connectivity index (χ1v) is 4.72. The standard InChI is InChI=1S/C7H10BrN3O2/c1-4(8)7(12)9-3-6-10-5(2)13-11-6/h4H,3H2,1-2H3,(H,9,12). The van der Waals surface area contributed by atoms with Gasteiger partial charge >= 0.3 is 0 Å². The summed E-state index contributed by atoms with van der Waals surface area (Å²) in [6.45, 7) is 3.74. The molecule has 0 aliphatic heterocycles. The van der Waals surface area contributed by atoms with Crippen molar-refractivity contribution in [2.24, 2.45) is 0 Å². The summed E-state index contributed by atoms with van der Waals surface area (Å²) in [6, 6.07) is 0. The highest BCUT2D eigenvalue weighted by atomic mass is 79.9. The second-order valence-corrected chi connectivity index (χ2v) is 3.94. The van der Waals surface area contributed by atoms with Crippen molar-refractivity contribution in [2.75, 3.05) is 0 Å². The maximum Gasteiger partial charge on any atom is 0.233 e. The Labute approximate surface area is 84.0 Å². The smallest absolute Gasteiger partial charge is 0.233 e. The molecule has 0 fully saturated rings. The number of carbonyl (C=O) groups excluding carboxylic acids is 1. The van der Waals surface area contributed by atoms with E-state index in [4.69, 9.17) is 4.52 Å². The largest absolute Gasteiger partial charge is 0.348 e. The van der Waals surface area contributed by atoms with Gasteiger partial charge in [-0.3, -0.25) is 4.79 Å². The van der Waals surface area contributed by atoms with Crippen molar-refractivity contribution < 1.29 is 9.32 Å². The number of carbonyl (C=O) groups is 1. The fourth-order valence-corrected chi connectivity index (χ4v) is 0.882. The van der Waals surface area contributed by atoms with Crippen molar-refractivity contribution in [1.29, 1.82) is 0 Å². The van der Waals surface area contributed by atoms with Gasteiger partial charge in [-0.05, 0) is 6.92 Å². The van der Waals surface area contributed by atoms with Crippen molar-refractivity contribution in [3.8, 4) is 0 Å². The van der Waals surface area contributed by atoms with Gasteiger partial charge in [-0.25, -0.2) is 0 Å². The Hall–Kier alpha value is -0.910. The van der Waals surface area contributed by atoms with Gasteiger partial charge in [0, 0.05) is 6.92 Å². The first-order chi connectivity index (χ1) is 6.09. The average Bonchev–Trinajstić information content (AvgIpc) is 2.47. The van der Waals surface area contributed by atoms with E-state index in [2.05, 4.69) is 31.4 Å². The molecule has 0 saturated heterocycles. The normalized spacial score (nSPS) is 12.5. The summed E-state index contributed by atoms with van der Waals surface area (Å²) >= 11 is 3.14. The van der Waals surface area contributed by atoms with Crippen LogP contribution < -0.4 is 5.32 Å². The number of halogens is 1. The summed E-state index contributed by atoms with van der Waals surface area (Å²) in [5.74, 6) is 0.887. The Bertz CT molecular complexity index is 298. The van der Waals surface area contributed by atoms with Gasteiger partial charge in [0.2, 0.25) is 11.8 Å². The highest BCUT2D eigenvalue weighted by Crippen LogP contribution is 1.98. The van der Waals surface area contributed by atoms with Crippen LogP contribution in [0.2, 0.25) is 0 Å². The van der Waals surface area contributed by atoms with Crippen molar-refractivity contribution in [3.63, 3.8) is 0 Å². The topological polar surface area (TPSA) is 68.0 Å². The monoisotopic (exact) mass is 247 g/mol. The predicted octanol–water partition coefficient (Wildman–Crippen LogP) is 0.778. The van der Waals surface area contributed by atoms with Crippen LogP contribution in [0.1, 0.15) is 18.6 Å². The van der Waals surface area contributed by atoms with Gasteiger partial charge < -0.3 is 9.84 Å². The fourth-order valence-electron chi connectivity index (χ4n) is 0.720. The van der Waals surface area contributed by atoms with Crippen LogP contribution >= 0.6 is 15.9 Å². The molecule has 0 bridgehead atoms. The van der Waals surface area contributed by atoms with Gasteiger partial charge in [-0.2, -0.15) is 4.98 Å². The number of nitrogens with one attached hydrogen (secondary N) is 1. The minimum absolute atomic E-state index is 0.0950. The first kappa shape index (κ1) is 10.2. The van der Waals surface area contributed by atoms with Crippen LogP contribution in [0, 0.1) is 6.92 Å². The van der Waals surface area contributed by atoms with E-state index in [1.54, 1.807) is 13.8 Å². The zero-order valence-electron chi connectivity index (χ0n) is 7.37. The molecule has 1 amide bonds. The number of aromatic nitrogens is 2. The lowest BCUT2D eigenvalue weighted by Crippen LogP contribution is -2.29. The molecule has 1 heterocycles. The van der Waals surface area contributed by atoms with Crippen LogP contribution in [-0.4, -0.2) is 20.9 Å². The number of nitrogens with zero attached hydrogens (tertiary/aromatic N) is 2. The Morgan fingerprint density at radius 3 is 2.92 bits per heavy atom. The summed E-state index contributed by atoms with van der Waals surface area (Å²) in [5.41, 5.74) is 0. The summed E-state index contributed by atoms with van der Waals surface area (Å²) in [4.78, 5) is 14.8. The van der Waals surface area contributed by atoms with E-state index in [0.717, 1.165) is 0 Å². The van der Waals surface area contributed by atoms with Crippen LogP contribution in [0.5, 0.6) is 0 Å². The number of alkyl halides is 1. The van der Waals surface area contributed by atoms with Crippen LogP contribution in [0.25, 0.3) is 0 Å². The highest BCUT2D eigenvalue weighted by Gasteiger charge is 2.09. The maximum absolute atomic E-state index is 11.1. The second kappa shape index (κ2) is 4.36. The zero-order chi connectivity index (χ0) is 9.84. The summed E-state index contributed by atoms with van der Waals surface area (Å²) in [6.07, 6.45) is 0. The number of hydrogen-bond donors (Lipinski definition) is 1. The lowest BCUT2D eigenvalue weighted by Gasteiger charge is -2.02. The average molecular weight is 248 g/mol. The molecular weight excluding hydrogens is 238 g/mol. The van der Waals surface area contributed by atoms with Gasteiger partial charge in [0.25, 0.3) is 0 Å². The predicted molar refractivity (Wildman–Crippen MR) is 49.3 cm³/mol. The molecule has 1 N–H and O–H groups in total. The Balaban J connectivity index is 2.39. The van der Waals surface area contributed by atoms with Crippen LogP contribution in [-0.2, 0) is 11.3 Å². The molecule has 0 spiro atoms. The van der Waals surface area contributed by atoms with Crippen LogP contribution in [0.4, 0.5) is 0 Å². The molecule has 1 aromatic rings. The fraction of sp³-hybridized carbons (Fsp3) is 0.571. The first-order valence-electron chi connectivity index (χ1n) is 3.80. The van der Waals surface area contributed by atoms with Gasteiger partial charge in [0.1, 0.15) is 0 Å². The molecule has 0 aliphatic rings. The van der Waals surface area contributed by atoms with Crippen LogP contribution in [0.3, 0.4) is 0 Å². The number of hydrogen-bond acceptors (Lipinski definition) is 4. The van der Waals surface area contributed by atoms with E-state index in [0.29, 0.717) is 18.3 Å². The minimum Gasteiger partial charge on any atom is -0.348 e. The molecule has 1 rings (SSSR count). The van der Waals surface area contributed by atoms with Gasteiger partial charge in [0.15, 0.2) is 5.82 Å². The van der Waals surface area contributed by atoms with Crippen LogP contribution in [0.15, 0.2) is 4.52 Å². The number of amides is 1. The molecule has 0 aliphatic carbocycles. The van der Waals surface area contributed by atoms with Crippen molar-refractivity contribution in [1.82, 2.24) is 15.5 Å². The quantitative estimate of drug-likeness (QED) is 0.802. The molecule has 1 unspecified atom stereocenters. The third-order valence-electron chi connectivity index (χ3n) is 1.35. The Morgan fingerprint density at radius 1 is 1.77 bits per heavy atom. The third-order valence-corrected chi connectivity index (χ3v) is 1.77. The SMILES string of the molecule is Cc1nc(CNC(=O)C(C)Br)no1. The molecule has 0 radical (unpaired) electrons. The van der Waals surface area contributed by atoms with E-state index < -0.39 is 0 Å². The molecule has 1 atom stereocenters. The van der Waals surface area contributed by atoms with E-state index >= 15 is 0 Å². The Kier molecular flexibility index (Phi) is 3.41. The number of aryl methyl sites for hydroxylation is 1. The summed E-state index contributed by atoms with van der Waals surface area (Å²) < 4.78 is 4.73. The Morgan fingerprint density at radius 2 is 2.46 bits per heavy atom. The number of rotatable bonds is 3. The van der Waals surface area contributed by atoms with E-state index in [-0.39, 0.29) is 10.7 Å². The zero-order valence-corrected chi connectivity index (χ0v) is 8.96. The maximum atomic E-state index is 11.1. The molecule has 13 heavy (non-hydrogen) atoms. The van der Waals surface area contributed by atoms with E-state index in [1.807, 2.05) is 0 Å². The lowest BCUT2D eigenvalue weighted by atomic mass is 10.4. The molecule has 0 saturated carbocycles. The summed E-state index contributed by atoms with van der Waals surface area (Å²) in [5, 5.41) is 6.27. The van der Waals surface area contributed by atoms with E-state index in [9.17, 15) is 4.79 Å². The molecule has 72 valence electrons. The molecule has 0 aromatic carbocycles. The molecule has 1 aromatic heterocycles. The molecule has 6 heteroatoms. The van der Waals surface area contributed by atoms with Gasteiger partial charge in [-0.1, -0.05) is 21.1 Å². The van der Waals surface area contributed by atoms with Crippen molar-refractivity contribution in [3.05, 3.63) is 11.7 Å². The third kappa shape index (κ3) is 3.14. The van der Waals surface area contributed by atoms with Crippen molar-refractivity contribution >= 4 is 21.8 Å².